The number of ether oxygens (including phenoxy) is 1. The second-order valence-electron chi connectivity index (χ2n) is 7.97. The number of rotatable bonds is 6. The van der Waals surface area contributed by atoms with Crippen molar-refractivity contribution in [3.63, 3.8) is 0 Å². The second kappa shape index (κ2) is 10.6. The highest BCUT2D eigenvalue weighted by Crippen LogP contribution is 2.28. The summed E-state index contributed by atoms with van der Waals surface area (Å²) in [7, 11) is -0.167. The number of carbonyl (C=O) groups is 2. The van der Waals surface area contributed by atoms with Gasteiger partial charge < -0.3 is 9.64 Å². The molecule has 3 aromatic rings. The molecule has 34 heavy (non-hydrogen) atoms. The number of aromatic nitrogens is 2. The van der Waals surface area contributed by atoms with Gasteiger partial charge in [-0.15, -0.1) is 0 Å². The summed E-state index contributed by atoms with van der Waals surface area (Å²) in [5.41, 5.74) is 3.70. The Balaban J connectivity index is 1.34. The highest BCUT2D eigenvalue weighted by Gasteiger charge is 2.24. The SMILES string of the molecule is COc1cc(-c2ccccc2)ccc1CN1CCN(C(=O)n2cc(NS(=O)C(C)=O)cn2)CC1. The van der Waals surface area contributed by atoms with Crippen molar-refractivity contribution in [2.45, 2.75) is 13.5 Å². The van der Waals surface area contributed by atoms with Crippen molar-refractivity contribution in [2.24, 2.45) is 0 Å². The smallest absolute Gasteiger partial charge is 0.344 e. The number of amides is 1. The molecule has 4 rings (SSSR count). The Morgan fingerprint density at radius 2 is 1.79 bits per heavy atom. The van der Waals surface area contributed by atoms with E-state index in [1.54, 1.807) is 12.0 Å². The standard InChI is InChI=1S/C24H27N5O4S/c1-18(30)34(32)26-22-15-25-29(17-22)24(31)28-12-10-27(11-13-28)16-21-9-8-20(14-23(21)33-2)19-6-4-3-5-7-19/h3-9,14-15,17,26H,10-13,16H2,1-2H3. The van der Waals surface area contributed by atoms with E-state index in [1.807, 2.05) is 18.2 Å². The van der Waals surface area contributed by atoms with Crippen molar-refractivity contribution in [3.05, 3.63) is 66.5 Å². The van der Waals surface area contributed by atoms with E-state index in [9.17, 15) is 13.8 Å². The van der Waals surface area contributed by atoms with Gasteiger partial charge in [0.1, 0.15) is 5.75 Å². The molecule has 2 heterocycles. The van der Waals surface area contributed by atoms with E-state index in [0.29, 0.717) is 18.8 Å². The van der Waals surface area contributed by atoms with Crippen LogP contribution in [-0.4, -0.2) is 68.2 Å². The Morgan fingerprint density at radius 1 is 1.06 bits per heavy atom. The lowest BCUT2D eigenvalue weighted by Gasteiger charge is -2.34. The summed E-state index contributed by atoms with van der Waals surface area (Å²) in [5.74, 6) is 0.847. The van der Waals surface area contributed by atoms with Crippen molar-refractivity contribution < 1.29 is 18.5 Å². The summed E-state index contributed by atoms with van der Waals surface area (Å²) in [6.45, 7) is 4.51. The van der Waals surface area contributed by atoms with Gasteiger partial charge in [-0.1, -0.05) is 42.5 Å². The first kappa shape index (κ1) is 23.7. The highest BCUT2D eigenvalue weighted by atomic mass is 32.2. The fraction of sp³-hybridized carbons (Fsp3) is 0.292. The van der Waals surface area contributed by atoms with Crippen LogP contribution in [0.15, 0.2) is 60.9 Å². The van der Waals surface area contributed by atoms with Crippen LogP contribution < -0.4 is 9.46 Å². The lowest BCUT2D eigenvalue weighted by Crippen LogP contribution is -2.49. The van der Waals surface area contributed by atoms with E-state index < -0.39 is 16.1 Å². The average Bonchev–Trinajstić information content (AvgIpc) is 3.33. The van der Waals surface area contributed by atoms with E-state index in [4.69, 9.17) is 4.74 Å². The third kappa shape index (κ3) is 5.52. The van der Waals surface area contributed by atoms with Crippen molar-refractivity contribution in [1.29, 1.82) is 0 Å². The number of nitrogens with one attached hydrogen (secondary N) is 1. The molecule has 178 valence electrons. The monoisotopic (exact) mass is 481 g/mol. The summed E-state index contributed by atoms with van der Waals surface area (Å²) >= 11 is 0. The van der Waals surface area contributed by atoms with E-state index in [-0.39, 0.29) is 6.03 Å². The third-order valence-electron chi connectivity index (χ3n) is 5.68. The number of anilines is 1. The Bertz CT molecular complexity index is 1190. The minimum Gasteiger partial charge on any atom is -0.496 e. The van der Waals surface area contributed by atoms with Crippen LogP contribution in [0, 0.1) is 0 Å². The molecule has 1 unspecified atom stereocenters. The number of nitrogens with zero attached hydrogens (tertiary/aromatic N) is 4. The van der Waals surface area contributed by atoms with Crippen LogP contribution in [0.5, 0.6) is 5.75 Å². The van der Waals surface area contributed by atoms with Gasteiger partial charge in [0.05, 0.1) is 25.2 Å². The van der Waals surface area contributed by atoms with Gasteiger partial charge in [0.2, 0.25) is 5.12 Å². The maximum atomic E-state index is 12.8. The predicted molar refractivity (Wildman–Crippen MR) is 131 cm³/mol. The molecule has 1 saturated heterocycles. The first-order valence-electron chi connectivity index (χ1n) is 10.9. The molecular formula is C24H27N5O4S. The molecule has 1 aliphatic rings. The predicted octanol–water partition coefficient (Wildman–Crippen LogP) is 2.97. The lowest BCUT2D eigenvalue weighted by atomic mass is 10.0. The summed E-state index contributed by atoms with van der Waals surface area (Å²) < 4.78 is 21.0. The van der Waals surface area contributed by atoms with Crippen LogP contribution in [0.2, 0.25) is 0 Å². The highest BCUT2D eigenvalue weighted by molar-refractivity contribution is 8.01. The fourth-order valence-electron chi connectivity index (χ4n) is 3.83. The number of methoxy groups -OCH3 is 1. The Labute approximate surface area is 200 Å². The van der Waals surface area contributed by atoms with Crippen molar-refractivity contribution in [1.82, 2.24) is 19.6 Å². The van der Waals surface area contributed by atoms with E-state index in [1.165, 1.54) is 24.0 Å². The van der Waals surface area contributed by atoms with Crippen molar-refractivity contribution >= 4 is 27.8 Å². The zero-order chi connectivity index (χ0) is 24.1. The van der Waals surface area contributed by atoms with Crippen LogP contribution in [0.4, 0.5) is 10.5 Å². The molecule has 0 saturated carbocycles. The normalized spacial score (nSPS) is 15.1. The molecule has 1 amide bonds. The van der Waals surface area contributed by atoms with Gasteiger partial charge in [-0.25, -0.2) is 9.00 Å². The molecule has 0 bridgehead atoms. The molecule has 1 atom stereocenters. The third-order valence-corrected chi connectivity index (χ3v) is 6.62. The number of benzene rings is 2. The molecule has 9 nitrogen and oxygen atoms in total. The quantitative estimate of drug-likeness (QED) is 0.582. The molecule has 1 N–H and O–H groups in total. The van der Waals surface area contributed by atoms with Crippen LogP contribution in [0.3, 0.4) is 0 Å². The minimum atomic E-state index is -1.85. The molecule has 2 aromatic carbocycles. The molecule has 10 heteroatoms. The van der Waals surface area contributed by atoms with Gasteiger partial charge in [-0.2, -0.15) is 9.78 Å². The van der Waals surface area contributed by atoms with Crippen LogP contribution >= 0.6 is 0 Å². The van der Waals surface area contributed by atoms with Crippen molar-refractivity contribution in [2.75, 3.05) is 38.0 Å². The Morgan fingerprint density at radius 3 is 2.47 bits per heavy atom. The fourth-order valence-corrected chi connectivity index (χ4v) is 4.29. The van der Waals surface area contributed by atoms with E-state index in [0.717, 1.165) is 42.1 Å². The topological polar surface area (TPSA) is 96.8 Å². The number of hydrogen-bond acceptors (Lipinski definition) is 6. The molecule has 1 fully saturated rings. The molecule has 1 aliphatic heterocycles. The molecule has 0 radical (unpaired) electrons. The molecular weight excluding hydrogens is 454 g/mol. The number of piperazine rings is 1. The summed E-state index contributed by atoms with van der Waals surface area (Å²) in [5, 5.41) is 3.53. The Kier molecular flexibility index (Phi) is 7.39. The summed E-state index contributed by atoms with van der Waals surface area (Å²) in [4.78, 5) is 27.9. The summed E-state index contributed by atoms with van der Waals surface area (Å²) in [6, 6.07) is 16.2. The lowest BCUT2D eigenvalue weighted by molar-refractivity contribution is -0.109. The number of carbonyl (C=O) groups excluding carboxylic acids is 2. The van der Waals surface area contributed by atoms with Crippen molar-refractivity contribution in [3.8, 4) is 16.9 Å². The molecule has 0 spiro atoms. The van der Waals surface area contributed by atoms with Gasteiger partial charge in [-0.3, -0.25) is 14.4 Å². The maximum absolute atomic E-state index is 12.8. The average molecular weight is 482 g/mol. The zero-order valence-electron chi connectivity index (χ0n) is 19.1. The first-order valence-corrected chi connectivity index (χ1v) is 12.1. The largest absolute Gasteiger partial charge is 0.496 e. The van der Waals surface area contributed by atoms with Gasteiger partial charge >= 0.3 is 6.03 Å². The molecule has 0 aliphatic carbocycles. The van der Waals surface area contributed by atoms with Crippen LogP contribution in [0.1, 0.15) is 12.5 Å². The summed E-state index contributed by atoms with van der Waals surface area (Å²) in [6.07, 6.45) is 2.81. The Hall–Kier alpha value is -3.50. The van der Waals surface area contributed by atoms with E-state index >= 15 is 0 Å². The van der Waals surface area contributed by atoms with Gasteiger partial charge in [0.15, 0.2) is 11.0 Å². The second-order valence-corrected chi connectivity index (χ2v) is 9.29. The van der Waals surface area contributed by atoms with Crippen LogP contribution in [-0.2, 0) is 22.3 Å². The number of hydrogen-bond donors (Lipinski definition) is 1. The van der Waals surface area contributed by atoms with E-state index in [2.05, 4.69) is 45.1 Å². The molecule has 1 aromatic heterocycles. The van der Waals surface area contributed by atoms with Gasteiger partial charge in [0, 0.05) is 45.2 Å². The minimum absolute atomic E-state index is 0.258. The first-order chi connectivity index (χ1) is 16.4. The maximum Gasteiger partial charge on any atom is 0.344 e. The zero-order valence-corrected chi connectivity index (χ0v) is 20.0. The van der Waals surface area contributed by atoms with Gasteiger partial charge in [-0.05, 0) is 17.2 Å². The van der Waals surface area contributed by atoms with Gasteiger partial charge in [0.25, 0.3) is 0 Å². The van der Waals surface area contributed by atoms with Crippen LogP contribution in [0.25, 0.3) is 11.1 Å².